The van der Waals surface area contributed by atoms with Gasteiger partial charge in [-0.3, -0.25) is 0 Å². The van der Waals surface area contributed by atoms with Gasteiger partial charge in [0.1, 0.15) is 5.82 Å². The van der Waals surface area contributed by atoms with Crippen LogP contribution in [0.4, 0.5) is 0 Å². The van der Waals surface area contributed by atoms with Crippen molar-refractivity contribution in [2.75, 3.05) is 7.11 Å². The summed E-state index contributed by atoms with van der Waals surface area (Å²) in [6.45, 7) is 0.514. The molecule has 5 heteroatoms. The number of imidazole rings is 1. The Hall–Kier alpha value is -2.40. The van der Waals surface area contributed by atoms with Crippen LogP contribution in [-0.2, 0) is 6.54 Å². The number of rotatable bonds is 3. The Labute approximate surface area is 110 Å². The number of fused-ring (bicyclic) bond motifs is 1. The lowest BCUT2D eigenvalue weighted by atomic mass is 10.2. The molecular formula is C14H14N4O. The third-order valence-corrected chi connectivity index (χ3v) is 3.00. The molecule has 96 valence electrons. The maximum absolute atomic E-state index is 5.64. The zero-order chi connectivity index (χ0) is 13.2. The Morgan fingerprint density at radius 3 is 3.00 bits per heavy atom. The summed E-state index contributed by atoms with van der Waals surface area (Å²) in [5, 5.41) is 0. The second kappa shape index (κ2) is 4.70. The summed E-state index contributed by atoms with van der Waals surface area (Å²) in [5.41, 5.74) is 9.42. The van der Waals surface area contributed by atoms with Crippen molar-refractivity contribution in [3.8, 4) is 17.3 Å². The highest BCUT2D eigenvalue weighted by Crippen LogP contribution is 2.27. The molecule has 0 saturated carbocycles. The van der Waals surface area contributed by atoms with E-state index in [9.17, 15) is 0 Å². The molecule has 0 radical (unpaired) electrons. The summed E-state index contributed by atoms with van der Waals surface area (Å²) in [4.78, 5) is 12.0. The molecule has 3 N–H and O–H groups in total. The molecule has 0 bridgehead atoms. The number of nitrogens with one attached hydrogen (secondary N) is 1. The first-order valence-electron chi connectivity index (χ1n) is 6.00. The smallest absolute Gasteiger partial charge is 0.224 e. The monoisotopic (exact) mass is 254 g/mol. The number of hydrogen-bond acceptors (Lipinski definition) is 4. The minimum atomic E-state index is 0.514. The van der Waals surface area contributed by atoms with E-state index >= 15 is 0 Å². The number of ether oxygens (including phenoxy) is 1. The largest absolute Gasteiger partial charge is 0.480 e. The van der Waals surface area contributed by atoms with Crippen LogP contribution in [0, 0.1) is 0 Å². The lowest BCUT2D eigenvalue weighted by Crippen LogP contribution is -1.95. The van der Waals surface area contributed by atoms with Crippen LogP contribution in [0.1, 0.15) is 5.56 Å². The van der Waals surface area contributed by atoms with Crippen molar-refractivity contribution in [3.05, 3.63) is 42.1 Å². The van der Waals surface area contributed by atoms with Crippen LogP contribution < -0.4 is 10.5 Å². The third-order valence-electron chi connectivity index (χ3n) is 3.00. The Morgan fingerprint density at radius 2 is 2.21 bits per heavy atom. The van der Waals surface area contributed by atoms with Gasteiger partial charge in [-0.25, -0.2) is 9.97 Å². The molecule has 0 unspecified atom stereocenters. The molecule has 1 aromatic carbocycles. The van der Waals surface area contributed by atoms with E-state index in [1.165, 1.54) is 0 Å². The first-order valence-corrected chi connectivity index (χ1v) is 6.00. The van der Waals surface area contributed by atoms with Crippen LogP contribution >= 0.6 is 0 Å². The number of aromatic amines is 1. The maximum atomic E-state index is 5.64. The normalized spacial score (nSPS) is 10.8. The van der Waals surface area contributed by atoms with E-state index in [1.54, 1.807) is 13.3 Å². The predicted molar refractivity (Wildman–Crippen MR) is 73.8 cm³/mol. The second-order valence-electron chi connectivity index (χ2n) is 4.20. The highest BCUT2D eigenvalue weighted by atomic mass is 16.5. The Balaban J connectivity index is 2.15. The fraction of sp³-hybridized carbons (Fsp3) is 0.143. The lowest BCUT2D eigenvalue weighted by Gasteiger charge is -2.03. The van der Waals surface area contributed by atoms with Crippen LogP contribution in [0.3, 0.4) is 0 Å². The van der Waals surface area contributed by atoms with Crippen LogP contribution in [-0.4, -0.2) is 22.1 Å². The lowest BCUT2D eigenvalue weighted by molar-refractivity contribution is 0.399. The van der Waals surface area contributed by atoms with Gasteiger partial charge in [0.25, 0.3) is 0 Å². The molecule has 19 heavy (non-hydrogen) atoms. The van der Waals surface area contributed by atoms with E-state index in [-0.39, 0.29) is 0 Å². The van der Waals surface area contributed by atoms with Crippen molar-refractivity contribution in [3.63, 3.8) is 0 Å². The number of pyridine rings is 1. The van der Waals surface area contributed by atoms with Crippen molar-refractivity contribution in [1.82, 2.24) is 15.0 Å². The van der Waals surface area contributed by atoms with Crippen LogP contribution in [0.5, 0.6) is 5.88 Å². The number of H-pyrrole nitrogens is 1. The molecule has 5 nitrogen and oxygen atoms in total. The van der Waals surface area contributed by atoms with E-state index in [2.05, 4.69) is 15.0 Å². The number of aromatic nitrogens is 3. The molecule has 0 amide bonds. The molecule has 3 rings (SSSR count). The number of nitrogens with two attached hydrogens (primary N) is 1. The summed E-state index contributed by atoms with van der Waals surface area (Å²) in [7, 11) is 1.60. The fourth-order valence-electron chi connectivity index (χ4n) is 2.05. The molecular weight excluding hydrogens is 240 g/mol. The van der Waals surface area contributed by atoms with Gasteiger partial charge in [-0.05, 0) is 29.8 Å². The molecule has 0 aliphatic rings. The van der Waals surface area contributed by atoms with Crippen molar-refractivity contribution < 1.29 is 4.74 Å². The van der Waals surface area contributed by atoms with Crippen LogP contribution in [0.25, 0.3) is 22.4 Å². The first kappa shape index (κ1) is 11.7. The van der Waals surface area contributed by atoms with Gasteiger partial charge in [0, 0.05) is 12.7 Å². The molecule has 0 atom stereocenters. The standard InChI is InChI=1S/C14H14N4O/c1-19-14-10(3-2-6-16-14)13-17-11-5-4-9(8-15)7-12(11)18-13/h2-7H,8,15H2,1H3,(H,17,18). The molecule has 0 saturated heterocycles. The van der Waals surface area contributed by atoms with E-state index in [1.807, 2.05) is 30.3 Å². The van der Waals surface area contributed by atoms with Gasteiger partial charge >= 0.3 is 0 Å². The fourth-order valence-corrected chi connectivity index (χ4v) is 2.05. The summed E-state index contributed by atoms with van der Waals surface area (Å²) in [6, 6.07) is 9.73. The van der Waals surface area contributed by atoms with Gasteiger partial charge in [0.15, 0.2) is 0 Å². The topological polar surface area (TPSA) is 76.8 Å². The molecule has 2 aromatic heterocycles. The maximum Gasteiger partial charge on any atom is 0.224 e. The molecule has 0 spiro atoms. The van der Waals surface area contributed by atoms with Crippen molar-refractivity contribution in [2.45, 2.75) is 6.54 Å². The summed E-state index contributed by atoms with van der Waals surface area (Å²) >= 11 is 0. The molecule has 0 aliphatic carbocycles. The van der Waals surface area contributed by atoms with Crippen LogP contribution in [0.2, 0.25) is 0 Å². The van der Waals surface area contributed by atoms with E-state index in [0.717, 1.165) is 28.0 Å². The van der Waals surface area contributed by atoms with E-state index in [0.29, 0.717) is 12.4 Å². The van der Waals surface area contributed by atoms with Gasteiger partial charge < -0.3 is 15.5 Å². The zero-order valence-electron chi connectivity index (χ0n) is 10.6. The number of benzene rings is 1. The number of methoxy groups -OCH3 is 1. The average Bonchev–Trinajstić information content (AvgIpc) is 2.89. The van der Waals surface area contributed by atoms with Gasteiger partial charge in [-0.1, -0.05) is 6.07 Å². The summed E-state index contributed by atoms with van der Waals surface area (Å²) < 4.78 is 5.25. The van der Waals surface area contributed by atoms with E-state index < -0.39 is 0 Å². The highest BCUT2D eigenvalue weighted by molar-refractivity contribution is 5.80. The number of hydrogen-bond donors (Lipinski definition) is 2. The van der Waals surface area contributed by atoms with Gasteiger partial charge in [-0.2, -0.15) is 0 Å². The predicted octanol–water partition coefficient (Wildman–Crippen LogP) is 2.09. The minimum absolute atomic E-state index is 0.514. The molecule has 0 aliphatic heterocycles. The summed E-state index contributed by atoms with van der Waals surface area (Å²) in [5.74, 6) is 1.30. The quantitative estimate of drug-likeness (QED) is 0.750. The van der Waals surface area contributed by atoms with Gasteiger partial charge in [-0.15, -0.1) is 0 Å². The zero-order valence-corrected chi connectivity index (χ0v) is 10.6. The van der Waals surface area contributed by atoms with Crippen molar-refractivity contribution in [2.24, 2.45) is 5.73 Å². The van der Waals surface area contributed by atoms with Gasteiger partial charge in [0.2, 0.25) is 5.88 Å². The minimum Gasteiger partial charge on any atom is -0.480 e. The average molecular weight is 254 g/mol. The number of nitrogens with zero attached hydrogens (tertiary/aromatic N) is 2. The Kier molecular flexibility index (Phi) is 2.89. The summed E-state index contributed by atoms with van der Waals surface area (Å²) in [6.07, 6.45) is 1.69. The van der Waals surface area contributed by atoms with E-state index in [4.69, 9.17) is 10.5 Å². The van der Waals surface area contributed by atoms with Crippen molar-refractivity contribution >= 4 is 11.0 Å². The Bertz CT molecular complexity index is 720. The van der Waals surface area contributed by atoms with Gasteiger partial charge in [0.05, 0.1) is 23.7 Å². The SMILES string of the molecule is COc1ncccc1-c1nc2ccc(CN)cc2[nH]1. The molecule has 0 fully saturated rings. The Morgan fingerprint density at radius 1 is 1.32 bits per heavy atom. The first-order chi connectivity index (χ1) is 9.31. The third kappa shape index (κ3) is 2.04. The highest BCUT2D eigenvalue weighted by Gasteiger charge is 2.11. The second-order valence-corrected chi connectivity index (χ2v) is 4.20. The van der Waals surface area contributed by atoms with Crippen LogP contribution in [0.15, 0.2) is 36.5 Å². The molecule has 2 heterocycles. The van der Waals surface area contributed by atoms with Crippen molar-refractivity contribution in [1.29, 1.82) is 0 Å². The molecule has 3 aromatic rings.